The van der Waals surface area contributed by atoms with Crippen LogP contribution in [0.4, 0.5) is 0 Å². The van der Waals surface area contributed by atoms with Crippen molar-refractivity contribution in [2.24, 2.45) is 0 Å². The van der Waals surface area contributed by atoms with E-state index in [1.54, 1.807) is 0 Å². The molecule has 1 aromatic carbocycles. The van der Waals surface area contributed by atoms with Gasteiger partial charge in [0.2, 0.25) is 0 Å². The average Bonchev–Trinajstić information content (AvgIpc) is 2.48. The Morgan fingerprint density at radius 3 is 1.55 bits per heavy atom. The van der Waals surface area contributed by atoms with Gasteiger partial charge in [0.25, 0.3) is 0 Å². The molecule has 0 radical (unpaired) electrons. The Bertz CT molecular complexity index is 350. The second-order valence-electron chi connectivity index (χ2n) is 8.08. The van der Waals surface area contributed by atoms with Gasteiger partial charge in [-0.05, 0) is 18.4 Å². The number of hydrogen-bond acceptors (Lipinski definition) is 0. The van der Waals surface area contributed by atoms with Gasteiger partial charge in [-0.3, -0.25) is 0 Å². The van der Waals surface area contributed by atoms with Gasteiger partial charge >= 0.3 is 0 Å². The Balaban J connectivity index is 1.78. The number of rotatable bonds is 13. The lowest BCUT2D eigenvalue weighted by Crippen LogP contribution is -2.18. The fraction of sp³-hybridized carbons (Fsp3) is 0.714. The van der Waals surface area contributed by atoms with Gasteiger partial charge in [-0.25, -0.2) is 0 Å². The van der Waals surface area contributed by atoms with E-state index in [-0.39, 0.29) is 0 Å². The molecule has 0 aromatic heterocycles. The highest BCUT2D eigenvalue weighted by Crippen LogP contribution is 2.16. The molecule has 0 heterocycles. The molecule has 0 amide bonds. The van der Waals surface area contributed by atoms with E-state index in [9.17, 15) is 0 Å². The molecule has 0 bridgehead atoms. The minimum Gasteiger partial charge on any atom is -0.0695 e. The van der Waals surface area contributed by atoms with Crippen LogP contribution in [0.25, 0.3) is 0 Å². The molecular formula is C21H38Si. The number of unbranched alkanes of at least 4 members (excludes halogenated alkanes) is 9. The van der Waals surface area contributed by atoms with Crippen LogP contribution in [-0.2, 0) is 6.42 Å². The standard InChI is InChI=1S/C21H38Si/c1-22(2,3)20-16-11-9-7-5-4-6-8-10-13-17-21-18-14-12-15-19-21/h12,14-15,18-19H,4-11,13,16-17,20H2,1-3H3. The van der Waals surface area contributed by atoms with Crippen LogP contribution in [0.2, 0.25) is 25.7 Å². The predicted molar refractivity (Wildman–Crippen MR) is 104 cm³/mol. The van der Waals surface area contributed by atoms with Gasteiger partial charge in [-0.1, -0.05) is 114 Å². The zero-order chi connectivity index (χ0) is 16.1. The Morgan fingerprint density at radius 2 is 1.05 bits per heavy atom. The van der Waals surface area contributed by atoms with E-state index in [2.05, 4.69) is 50.0 Å². The van der Waals surface area contributed by atoms with Crippen molar-refractivity contribution in [3.8, 4) is 0 Å². The smallest absolute Gasteiger partial charge is 0.0442 e. The lowest BCUT2D eigenvalue weighted by Gasteiger charge is -2.14. The summed E-state index contributed by atoms with van der Waals surface area (Å²) < 4.78 is 0. The summed E-state index contributed by atoms with van der Waals surface area (Å²) in [6.07, 6.45) is 15.7. The topological polar surface area (TPSA) is 0 Å². The molecule has 0 aliphatic rings. The average molecular weight is 319 g/mol. The summed E-state index contributed by atoms with van der Waals surface area (Å²) >= 11 is 0. The molecule has 0 N–H and O–H groups in total. The summed E-state index contributed by atoms with van der Waals surface area (Å²) in [4.78, 5) is 0. The normalized spacial score (nSPS) is 11.8. The molecular weight excluding hydrogens is 280 g/mol. The minimum absolute atomic E-state index is 0.776. The Kier molecular flexibility index (Phi) is 10.6. The first-order chi connectivity index (χ1) is 10.6. The van der Waals surface area contributed by atoms with E-state index < -0.39 is 8.07 Å². The lowest BCUT2D eigenvalue weighted by atomic mass is 10.0. The highest BCUT2D eigenvalue weighted by atomic mass is 28.3. The SMILES string of the molecule is C[Si](C)(C)CCCCCCCCCCCCc1ccccc1. The monoisotopic (exact) mass is 318 g/mol. The molecule has 0 aliphatic carbocycles. The zero-order valence-corrected chi connectivity index (χ0v) is 16.4. The maximum atomic E-state index is 2.49. The van der Waals surface area contributed by atoms with Crippen LogP contribution in [0.15, 0.2) is 30.3 Å². The van der Waals surface area contributed by atoms with Gasteiger partial charge in [-0.15, -0.1) is 0 Å². The Labute approximate surface area is 140 Å². The summed E-state index contributed by atoms with van der Waals surface area (Å²) in [7, 11) is -0.776. The van der Waals surface area contributed by atoms with Gasteiger partial charge in [0.15, 0.2) is 0 Å². The van der Waals surface area contributed by atoms with Gasteiger partial charge in [0.05, 0.1) is 0 Å². The van der Waals surface area contributed by atoms with Crippen molar-refractivity contribution in [1.82, 2.24) is 0 Å². The molecule has 0 aliphatic heterocycles. The first-order valence-corrected chi connectivity index (χ1v) is 13.3. The third-order valence-corrected chi connectivity index (χ3v) is 6.34. The first kappa shape index (κ1) is 19.5. The zero-order valence-electron chi connectivity index (χ0n) is 15.4. The van der Waals surface area contributed by atoms with Crippen molar-refractivity contribution in [3.05, 3.63) is 35.9 Å². The van der Waals surface area contributed by atoms with Crippen LogP contribution >= 0.6 is 0 Å². The molecule has 0 saturated heterocycles. The van der Waals surface area contributed by atoms with E-state index in [4.69, 9.17) is 0 Å². The quantitative estimate of drug-likeness (QED) is 0.261. The van der Waals surface area contributed by atoms with Crippen molar-refractivity contribution in [2.45, 2.75) is 96.3 Å². The van der Waals surface area contributed by atoms with E-state index in [0.29, 0.717) is 0 Å². The van der Waals surface area contributed by atoms with Crippen molar-refractivity contribution in [1.29, 1.82) is 0 Å². The van der Waals surface area contributed by atoms with E-state index >= 15 is 0 Å². The van der Waals surface area contributed by atoms with Crippen molar-refractivity contribution in [2.75, 3.05) is 0 Å². The maximum absolute atomic E-state index is 2.49. The summed E-state index contributed by atoms with van der Waals surface area (Å²) in [6.45, 7) is 7.47. The summed E-state index contributed by atoms with van der Waals surface area (Å²) in [6, 6.07) is 12.4. The van der Waals surface area contributed by atoms with Crippen LogP contribution in [0, 0.1) is 0 Å². The first-order valence-electron chi connectivity index (χ1n) is 9.62. The molecule has 1 heteroatoms. The number of hydrogen-bond donors (Lipinski definition) is 0. The fourth-order valence-corrected chi connectivity index (χ4v) is 4.35. The molecule has 0 nitrogen and oxygen atoms in total. The van der Waals surface area contributed by atoms with E-state index in [1.807, 2.05) is 0 Å². The summed E-state index contributed by atoms with van der Waals surface area (Å²) in [5, 5.41) is 0. The molecule has 0 saturated carbocycles. The van der Waals surface area contributed by atoms with Gasteiger partial charge < -0.3 is 0 Å². The number of aryl methyl sites for hydroxylation is 1. The second kappa shape index (κ2) is 11.9. The second-order valence-corrected chi connectivity index (χ2v) is 13.7. The molecule has 1 rings (SSSR count). The molecule has 0 fully saturated rings. The predicted octanol–water partition coefficient (Wildman–Crippen LogP) is 7.47. The summed E-state index contributed by atoms with van der Waals surface area (Å²) in [5.41, 5.74) is 1.50. The molecule has 22 heavy (non-hydrogen) atoms. The van der Waals surface area contributed by atoms with E-state index in [0.717, 1.165) is 0 Å². The van der Waals surface area contributed by atoms with Crippen LogP contribution in [0.1, 0.15) is 69.8 Å². The van der Waals surface area contributed by atoms with Crippen molar-refractivity contribution >= 4 is 8.07 Å². The molecule has 0 spiro atoms. The van der Waals surface area contributed by atoms with Crippen molar-refractivity contribution < 1.29 is 0 Å². The van der Waals surface area contributed by atoms with Crippen molar-refractivity contribution in [3.63, 3.8) is 0 Å². The largest absolute Gasteiger partial charge is 0.0695 e. The molecule has 0 atom stereocenters. The van der Waals surface area contributed by atoms with Crippen LogP contribution < -0.4 is 0 Å². The lowest BCUT2D eigenvalue weighted by molar-refractivity contribution is 0.556. The van der Waals surface area contributed by atoms with Crippen LogP contribution in [0.3, 0.4) is 0 Å². The molecule has 1 aromatic rings. The maximum Gasteiger partial charge on any atom is 0.0442 e. The van der Waals surface area contributed by atoms with Crippen LogP contribution in [0.5, 0.6) is 0 Å². The fourth-order valence-electron chi connectivity index (χ4n) is 3.04. The Hall–Kier alpha value is -0.563. The highest BCUT2D eigenvalue weighted by Gasteiger charge is 2.11. The minimum atomic E-state index is -0.776. The molecule has 126 valence electrons. The van der Waals surface area contributed by atoms with Gasteiger partial charge in [0.1, 0.15) is 0 Å². The molecule has 0 unspecified atom stereocenters. The van der Waals surface area contributed by atoms with Gasteiger partial charge in [0, 0.05) is 8.07 Å². The van der Waals surface area contributed by atoms with Gasteiger partial charge in [-0.2, -0.15) is 0 Å². The highest BCUT2D eigenvalue weighted by molar-refractivity contribution is 6.76. The number of benzene rings is 1. The summed E-state index contributed by atoms with van der Waals surface area (Å²) in [5.74, 6) is 0. The third-order valence-electron chi connectivity index (χ3n) is 4.49. The van der Waals surface area contributed by atoms with Crippen LogP contribution in [-0.4, -0.2) is 8.07 Å². The third kappa shape index (κ3) is 12.0. The van der Waals surface area contributed by atoms with E-state index in [1.165, 1.54) is 82.2 Å². The Morgan fingerprint density at radius 1 is 0.591 bits per heavy atom.